The van der Waals surface area contributed by atoms with Crippen molar-refractivity contribution in [1.29, 1.82) is 0 Å². The van der Waals surface area contributed by atoms with E-state index in [-0.39, 0.29) is 5.82 Å². The predicted octanol–water partition coefficient (Wildman–Crippen LogP) is 3.74. The van der Waals surface area contributed by atoms with Gasteiger partial charge in [0.2, 0.25) is 0 Å². The van der Waals surface area contributed by atoms with Crippen LogP contribution in [0.1, 0.15) is 25.3 Å². The number of rotatable bonds is 9. The molecule has 0 aromatic heterocycles. The standard InChI is InChI=1S/C15H24FNS/c1-3-17-12-14(5-4-10-18-2)11-13-6-8-15(16)9-7-13/h6-9,14,17H,3-5,10-12H2,1-2H3. The molecule has 0 amide bonds. The van der Waals surface area contributed by atoms with Crippen LogP contribution in [0.25, 0.3) is 0 Å². The van der Waals surface area contributed by atoms with Crippen molar-refractivity contribution >= 4 is 11.8 Å². The van der Waals surface area contributed by atoms with E-state index in [9.17, 15) is 4.39 Å². The molecule has 0 aliphatic heterocycles. The Kier molecular flexibility index (Phi) is 8.10. The molecule has 0 heterocycles. The zero-order chi connectivity index (χ0) is 13.2. The van der Waals surface area contributed by atoms with Crippen LogP contribution in [0.4, 0.5) is 4.39 Å². The lowest BCUT2D eigenvalue weighted by atomic mass is 9.95. The Morgan fingerprint density at radius 3 is 2.61 bits per heavy atom. The molecule has 0 spiro atoms. The van der Waals surface area contributed by atoms with Gasteiger partial charge in [-0.25, -0.2) is 4.39 Å². The molecule has 1 atom stereocenters. The summed E-state index contributed by atoms with van der Waals surface area (Å²) in [6, 6.07) is 6.93. The number of nitrogens with one attached hydrogen (secondary N) is 1. The van der Waals surface area contributed by atoms with Gasteiger partial charge in [0.05, 0.1) is 0 Å². The molecular formula is C15H24FNS. The van der Waals surface area contributed by atoms with Crippen molar-refractivity contribution in [2.45, 2.75) is 26.2 Å². The number of hydrogen-bond donors (Lipinski definition) is 1. The van der Waals surface area contributed by atoms with Gasteiger partial charge >= 0.3 is 0 Å². The highest BCUT2D eigenvalue weighted by Gasteiger charge is 2.09. The van der Waals surface area contributed by atoms with E-state index >= 15 is 0 Å². The monoisotopic (exact) mass is 269 g/mol. The van der Waals surface area contributed by atoms with E-state index in [1.807, 2.05) is 23.9 Å². The highest BCUT2D eigenvalue weighted by Crippen LogP contribution is 2.15. The van der Waals surface area contributed by atoms with Crippen LogP contribution in [-0.4, -0.2) is 25.1 Å². The Hall–Kier alpha value is -0.540. The fourth-order valence-electron chi connectivity index (χ4n) is 2.09. The van der Waals surface area contributed by atoms with Crippen molar-refractivity contribution in [3.63, 3.8) is 0 Å². The molecule has 0 radical (unpaired) electrons. The molecule has 1 aromatic rings. The van der Waals surface area contributed by atoms with E-state index in [1.54, 1.807) is 12.1 Å². The number of hydrogen-bond acceptors (Lipinski definition) is 2. The lowest BCUT2D eigenvalue weighted by Gasteiger charge is -2.17. The van der Waals surface area contributed by atoms with E-state index in [0.717, 1.165) is 19.5 Å². The lowest BCUT2D eigenvalue weighted by Crippen LogP contribution is -2.24. The lowest BCUT2D eigenvalue weighted by molar-refractivity contribution is 0.445. The average Bonchev–Trinajstić information content (AvgIpc) is 2.38. The Morgan fingerprint density at radius 1 is 1.28 bits per heavy atom. The van der Waals surface area contributed by atoms with Gasteiger partial charge in [-0.2, -0.15) is 11.8 Å². The molecule has 1 unspecified atom stereocenters. The molecule has 0 saturated heterocycles. The Labute approximate surface area is 115 Å². The van der Waals surface area contributed by atoms with Crippen molar-refractivity contribution in [3.05, 3.63) is 35.6 Å². The third-order valence-corrected chi connectivity index (χ3v) is 3.78. The van der Waals surface area contributed by atoms with Crippen LogP contribution in [0.3, 0.4) is 0 Å². The fourth-order valence-corrected chi connectivity index (χ4v) is 2.55. The van der Waals surface area contributed by atoms with Gasteiger partial charge in [0.15, 0.2) is 0 Å². The Bertz CT molecular complexity index is 313. The summed E-state index contributed by atoms with van der Waals surface area (Å²) in [6.07, 6.45) is 5.70. The topological polar surface area (TPSA) is 12.0 Å². The van der Waals surface area contributed by atoms with Gasteiger partial charge in [-0.3, -0.25) is 0 Å². The molecule has 1 N–H and O–H groups in total. The van der Waals surface area contributed by atoms with Crippen LogP contribution >= 0.6 is 11.8 Å². The molecular weight excluding hydrogens is 245 g/mol. The van der Waals surface area contributed by atoms with Crippen molar-refractivity contribution in [2.24, 2.45) is 5.92 Å². The summed E-state index contributed by atoms with van der Waals surface area (Å²) in [5, 5.41) is 3.43. The molecule has 18 heavy (non-hydrogen) atoms. The van der Waals surface area contributed by atoms with Crippen molar-refractivity contribution < 1.29 is 4.39 Å². The maximum absolute atomic E-state index is 12.9. The second-order valence-electron chi connectivity index (χ2n) is 4.64. The van der Waals surface area contributed by atoms with E-state index in [2.05, 4.69) is 18.5 Å². The minimum Gasteiger partial charge on any atom is -0.317 e. The Morgan fingerprint density at radius 2 is 2.00 bits per heavy atom. The maximum atomic E-state index is 12.9. The first-order valence-corrected chi connectivity index (χ1v) is 8.09. The van der Waals surface area contributed by atoms with Crippen LogP contribution in [-0.2, 0) is 6.42 Å². The Balaban J connectivity index is 2.45. The van der Waals surface area contributed by atoms with Crippen LogP contribution < -0.4 is 5.32 Å². The summed E-state index contributed by atoms with van der Waals surface area (Å²) in [4.78, 5) is 0. The van der Waals surface area contributed by atoms with Gasteiger partial charge in [0, 0.05) is 0 Å². The van der Waals surface area contributed by atoms with Gasteiger partial charge < -0.3 is 5.32 Å². The van der Waals surface area contributed by atoms with Crippen LogP contribution in [0.2, 0.25) is 0 Å². The minimum absolute atomic E-state index is 0.149. The number of benzene rings is 1. The van der Waals surface area contributed by atoms with Gasteiger partial charge in [0.25, 0.3) is 0 Å². The molecule has 3 heteroatoms. The zero-order valence-electron chi connectivity index (χ0n) is 11.4. The summed E-state index contributed by atoms with van der Waals surface area (Å²) < 4.78 is 12.9. The summed E-state index contributed by atoms with van der Waals surface area (Å²) in [5.41, 5.74) is 1.24. The van der Waals surface area contributed by atoms with E-state index in [0.29, 0.717) is 5.92 Å². The summed E-state index contributed by atoms with van der Waals surface area (Å²) in [7, 11) is 0. The first-order chi connectivity index (χ1) is 8.76. The molecule has 0 fully saturated rings. The van der Waals surface area contributed by atoms with Gasteiger partial charge in [-0.15, -0.1) is 0 Å². The van der Waals surface area contributed by atoms with Crippen LogP contribution in [0.5, 0.6) is 0 Å². The molecule has 0 aliphatic rings. The zero-order valence-corrected chi connectivity index (χ0v) is 12.2. The number of thioether (sulfide) groups is 1. The van der Waals surface area contributed by atoms with Gasteiger partial charge in [0.1, 0.15) is 5.82 Å². The fraction of sp³-hybridized carbons (Fsp3) is 0.600. The van der Waals surface area contributed by atoms with Crippen molar-refractivity contribution in [3.8, 4) is 0 Å². The second-order valence-corrected chi connectivity index (χ2v) is 5.62. The minimum atomic E-state index is -0.149. The quantitative estimate of drug-likeness (QED) is 0.685. The van der Waals surface area contributed by atoms with Crippen molar-refractivity contribution in [2.75, 3.05) is 25.1 Å². The highest BCUT2D eigenvalue weighted by atomic mass is 32.2. The SMILES string of the molecule is CCNCC(CCCSC)Cc1ccc(F)cc1. The molecule has 0 aliphatic carbocycles. The van der Waals surface area contributed by atoms with E-state index < -0.39 is 0 Å². The smallest absolute Gasteiger partial charge is 0.123 e. The summed E-state index contributed by atoms with van der Waals surface area (Å²) >= 11 is 1.91. The van der Waals surface area contributed by atoms with Gasteiger partial charge in [-0.05, 0) is 68.0 Å². The first-order valence-electron chi connectivity index (χ1n) is 6.70. The molecule has 0 saturated carbocycles. The van der Waals surface area contributed by atoms with Crippen LogP contribution in [0, 0.1) is 11.7 Å². The maximum Gasteiger partial charge on any atom is 0.123 e. The third-order valence-electron chi connectivity index (χ3n) is 3.08. The third kappa shape index (κ3) is 6.41. The molecule has 102 valence electrons. The molecule has 0 bridgehead atoms. The van der Waals surface area contributed by atoms with E-state index in [4.69, 9.17) is 0 Å². The highest BCUT2D eigenvalue weighted by molar-refractivity contribution is 7.98. The van der Waals surface area contributed by atoms with Crippen molar-refractivity contribution in [1.82, 2.24) is 5.32 Å². The normalized spacial score (nSPS) is 12.6. The predicted molar refractivity (Wildman–Crippen MR) is 79.8 cm³/mol. The summed E-state index contributed by atoms with van der Waals surface area (Å²) in [6.45, 7) is 4.21. The van der Waals surface area contributed by atoms with E-state index in [1.165, 1.54) is 24.2 Å². The largest absolute Gasteiger partial charge is 0.317 e. The summed E-state index contributed by atoms with van der Waals surface area (Å²) in [5.74, 6) is 1.73. The first kappa shape index (κ1) is 15.5. The molecule has 1 rings (SSSR count). The van der Waals surface area contributed by atoms with Gasteiger partial charge in [-0.1, -0.05) is 19.1 Å². The molecule has 1 nitrogen and oxygen atoms in total. The second kappa shape index (κ2) is 9.40. The number of halogens is 1. The molecule has 1 aromatic carbocycles. The average molecular weight is 269 g/mol. The van der Waals surface area contributed by atoms with Crippen LogP contribution in [0.15, 0.2) is 24.3 Å².